The summed E-state index contributed by atoms with van der Waals surface area (Å²) in [6, 6.07) is 0. The van der Waals surface area contributed by atoms with Gasteiger partial charge in [0.25, 0.3) is 0 Å². The van der Waals surface area contributed by atoms with Crippen molar-refractivity contribution in [2.24, 2.45) is 0 Å². The third-order valence-corrected chi connectivity index (χ3v) is 0. The van der Waals surface area contributed by atoms with E-state index in [4.69, 9.17) is 0 Å². The minimum atomic E-state index is 0. The fourth-order valence-corrected chi connectivity index (χ4v) is 0. The van der Waals surface area contributed by atoms with Crippen LogP contribution < -0.4 is 12.3 Å². The van der Waals surface area contributed by atoms with E-state index >= 15 is 0 Å². The molecule has 0 rings (SSSR count). The van der Waals surface area contributed by atoms with E-state index in [-0.39, 0.29) is 34.8 Å². The minimum Gasteiger partial charge on any atom is -0.412 e. The summed E-state index contributed by atoms with van der Waals surface area (Å²) < 4.78 is 0. The zero-order chi connectivity index (χ0) is 0. The van der Waals surface area contributed by atoms with Crippen LogP contribution >= 0.6 is 0 Å². The molecule has 0 fully saturated rings. The Morgan fingerprint density at radius 2 is 0.750 bits per heavy atom. The molecule has 0 aliphatic rings. The molecule has 0 aliphatic carbocycles. The van der Waals surface area contributed by atoms with Crippen LogP contribution in [-0.2, 0) is 17.1 Å². The summed E-state index contributed by atoms with van der Waals surface area (Å²) in [6.45, 7) is 0. The molecule has 0 saturated carbocycles. The molecule has 0 saturated heterocycles. The normalized spacial score (nSPS) is 0. The quantitative estimate of drug-likeness (QED) is 0.416. The molecule has 0 heterocycles. The van der Waals surface area contributed by atoms with Crippen molar-refractivity contribution in [3.63, 3.8) is 0 Å². The zero-order valence-corrected chi connectivity index (χ0v) is 3.16. The van der Waals surface area contributed by atoms with Crippen molar-refractivity contribution in [1.82, 2.24) is 12.3 Å². The summed E-state index contributed by atoms with van der Waals surface area (Å²) in [4.78, 5) is 0. The van der Waals surface area contributed by atoms with Crippen molar-refractivity contribution in [3.8, 4) is 0 Å². The van der Waals surface area contributed by atoms with E-state index in [2.05, 4.69) is 0 Å². The van der Waals surface area contributed by atoms with Crippen LogP contribution in [0.1, 0.15) is 0 Å². The van der Waals surface area contributed by atoms with Crippen LogP contribution in [0.3, 0.4) is 0 Å². The predicted molar refractivity (Wildman–Crippen MR) is 13.7 cm³/mol. The first-order chi connectivity index (χ1) is 0. The van der Waals surface area contributed by atoms with Gasteiger partial charge in [-0.3, -0.25) is 0 Å². The summed E-state index contributed by atoms with van der Waals surface area (Å²) in [5.74, 6) is 0. The van der Waals surface area contributed by atoms with E-state index < -0.39 is 0 Å². The predicted octanol–water partition coefficient (Wildman–Crippen LogP) is -0.503. The number of hydrogen-bond donors (Lipinski definition) is 2. The Bertz CT molecular complexity index is 6.00. The molecule has 0 aromatic rings. The van der Waals surface area contributed by atoms with Crippen molar-refractivity contribution >= 4 is 0 Å². The van der Waals surface area contributed by atoms with Crippen molar-refractivity contribution < 1.29 is 22.5 Å². The summed E-state index contributed by atoms with van der Waals surface area (Å²) in [7, 11) is 0. The average Bonchev–Trinajstić information content (AvgIpc) is 0. The van der Waals surface area contributed by atoms with E-state index in [1.807, 2.05) is 0 Å². The largest absolute Gasteiger partial charge is 2.00 e. The number of rotatable bonds is 0. The van der Waals surface area contributed by atoms with Crippen LogP contribution in [-0.4, -0.2) is 5.48 Å². The van der Waals surface area contributed by atoms with Crippen molar-refractivity contribution in [3.05, 3.63) is 0 Å². The Kier molecular flexibility index (Phi) is 9770. The molecule has 3 nitrogen and oxygen atoms in total. The topological polar surface area (TPSA) is 102 Å². The van der Waals surface area contributed by atoms with Gasteiger partial charge >= 0.3 is 17.1 Å². The Balaban J connectivity index is 0. The van der Waals surface area contributed by atoms with Crippen LogP contribution in [0.2, 0.25) is 0 Å². The molecule has 0 aromatic carbocycles. The third-order valence-electron chi connectivity index (χ3n) is 0. The molecule has 0 unspecified atom stereocenters. The molecule has 4 heteroatoms. The van der Waals surface area contributed by atoms with Gasteiger partial charge in [-0.05, 0) is 0 Å². The molecule has 0 atom stereocenters. The van der Waals surface area contributed by atoms with Crippen LogP contribution in [0.25, 0.3) is 0 Å². The van der Waals surface area contributed by atoms with Crippen molar-refractivity contribution in [2.45, 2.75) is 0 Å². The van der Waals surface area contributed by atoms with E-state index in [0.29, 0.717) is 0 Å². The Morgan fingerprint density at radius 1 is 0.750 bits per heavy atom. The van der Waals surface area contributed by atoms with Gasteiger partial charge in [-0.2, -0.15) is 0 Å². The Labute approximate surface area is 35.7 Å². The smallest absolute Gasteiger partial charge is 0.412 e. The van der Waals surface area contributed by atoms with E-state index in [1.54, 1.807) is 0 Å². The second-order valence-corrected chi connectivity index (χ2v) is 0. The third kappa shape index (κ3) is 29.4. The molecular formula is H8CuN2O+2. The average molecular weight is 116 g/mol. The zero-order valence-electron chi connectivity index (χ0n) is 2.22. The van der Waals surface area contributed by atoms with Gasteiger partial charge in [0, 0.05) is 0 Å². The minimum absolute atomic E-state index is 0. The van der Waals surface area contributed by atoms with E-state index in [9.17, 15) is 0 Å². The molecule has 1 radical (unpaired) electrons. The van der Waals surface area contributed by atoms with Gasteiger partial charge in [-0.25, -0.2) is 0 Å². The summed E-state index contributed by atoms with van der Waals surface area (Å²) in [5.41, 5.74) is 0. The molecule has 4 heavy (non-hydrogen) atoms. The van der Waals surface area contributed by atoms with Crippen molar-refractivity contribution in [1.29, 1.82) is 0 Å². The maximum Gasteiger partial charge on any atom is 2.00 e. The molecule has 0 bridgehead atoms. The maximum absolute atomic E-state index is 0. The molecule has 0 spiro atoms. The van der Waals surface area contributed by atoms with Gasteiger partial charge in [0.05, 0.1) is 0 Å². The molecular weight excluding hydrogens is 108 g/mol. The van der Waals surface area contributed by atoms with Gasteiger partial charge in [0.1, 0.15) is 0 Å². The fourth-order valence-electron chi connectivity index (χ4n) is 0. The van der Waals surface area contributed by atoms with Gasteiger partial charge < -0.3 is 17.8 Å². The Morgan fingerprint density at radius 3 is 0.750 bits per heavy atom. The first-order valence-electron chi connectivity index (χ1n) is 0. The van der Waals surface area contributed by atoms with Crippen LogP contribution in [0.4, 0.5) is 0 Å². The van der Waals surface area contributed by atoms with Gasteiger partial charge in [0.2, 0.25) is 0 Å². The van der Waals surface area contributed by atoms with E-state index in [1.165, 1.54) is 0 Å². The summed E-state index contributed by atoms with van der Waals surface area (Å²) in [5, 5.41) is 0. The van der Waals surface area contributed by atoms with Crippen LogP contribution in [0, 0.1) is 0 Å². The van der Waals surface area contributed by atoms with Gasteiger partial charge in [0.15, 0.2) is 0 Å². The van der Waals surface area contributed by atoms with Crippen LogP contribution in [0.5, 0.6) is 0 Å². The first-order valence-corrected chi connectivity index (χ1v) is 0. The van der Waals surface area contributed by atoms with Gasteiger partial charge in [-0.15, -0.1) is 0 Å². The Hall–Kier alpha value is 0.399. The second-order valence-electron chi connectivity index (χ2n) is 0. The van der Waals surface area contributed by atoms with Crippen molar-refractivity contribution in [2.75, 3.05) is 0 Å². The molecule has 0 aliphatic heterocycles. The fraction of sp³-hybridized carbons (Fsp3) is 0. The molecule has 0 amide bonds. The molecule has 0 aromatic heterocycles. The SMILES string of the molecule is N.N.O.[Cu+2]. The summed E-state index contributed by atoms with van der Waals surface area (Å²) >= 11 is 0. The van der Waals surface area contributed by atoms with Crippen LogP contribution in [0.15, 0.2) is 0 Å². The second kappa shape index (κ2) is 123. The van der Waals surface area contributed by atoms with E-state index in [0.717, 1.165) is 0 Å². The standard InChI is InChI=1S/Cu.2H3N.H2O/h;2*1H3;1H2/q+2;;;. The van der Waals surface area contributed by atoms with Gasteiger partial charge in [-0.1, -0.05) is 0 Å². The number of hydrogen-bond acceptors (Lipinski definition) is 2. The molecule has 8 N–H and O–H groups in total. The summed E-state index contributed by atoms with van der Waals surface area (Å²) in [6.07, 6.45) is 0. The monoisotopic (exact) mass is 115 g/mol. The molecule has 33 valence electrons. The first kappa shape index (κ1) is 319. The maximum atomic E-state index is 0.